The van der Waals surface area contributed by atoms with Gasteiger partial charge in [-0.1, -0.05) is 17.7 Å². The molecule has 0 saturated carbocycles. The summed E-state index contributed by atoms with van der Waals surface area (Å²) in [7, 11) is 0. The van der Waals surface area contributed by atoms with Crippen molar-refractivity contribution in [3.63, 3.8) is 0 Å². The molecule has 1 fully saturated rings. The van der Waals surface area contributed by atoms with Crippen molar-refractivity contribution in [2.24, 2.45) is 5.92 Å². The molecule has 5 nitrogen and oxygen atoms in total. The van der Waals surface area contributed by atoms with Crippen molar-refractivity contribution in [2.45, 2.75) is 11.4 Å². The molecule has 124 valence electrons. The summed E-state index contributed by atoms with van der Waals surface area (Å²) in [5.74, 6) is -0.642. The molecular weight excluding hydrogens is 346 g/mol. The molecule has 1 aliphatic rings. The number of hydrogen-bond donors (Lipinski definition) is 1. The topological polar surface area (TPSA) is 62.3 Å². The van der Waals surface area contributed by atoms with Crippen molar-refractivity contribution in [1.82, 2.24) is 4.98 Å². The van der Waals surface area contributed by atoms with Crippen LogP contribution in [0.25, 0.3) is 0 Å². The van der Waals surface area contributed by atoms with Crippen LogP contribution in [0.1, 0.15) is 6.42 Å². The minimum Gasteiger partial charge on any atom is -0.324 e. The molecular formula is C17H16ClN3O2S. The summed E-state index contributed by atoms with van der Waals surface area (Å²) in [4.78, 5) is 30.5. The highest BCUT2D eigenvalue weighted by atomic mass is 35.5. The number of thioether (sulfide) groups is 1. The minimum atomic E-state index is -0.392. The molecule has 0 bridgehead atoms. The van der Waals surface area contributed by atoms with Crippen LogP contribution < -0.4 is 10.2 Å². The van der Waals surface area contributed by atoms with Crippen LogP contribution in [0.15, 0.2) is 47.6 Å². The van der Waals surface area contributed by atoms with E-state index in [1.165, 1.54) is 11.8 Å². The molecule has 0 spiro atoms. The largest absolute Gasteiger partial charge is 0.324 e. The molecule has 24 heavy (non-hydrogen) atoms. The van der Waals surface area contributed by atoms with E-state index >= 15 is 0 Å². The number of anilines is 2. The summed E-state index contributed by atoms with van der Waals surface area (Å²) in [5.41, 5.74) is 1.35. The van der Waals surface area contributed by atoms with Crippen LogP contribution in [0.2, 0.25) is 5.02 Å². The minimum absolute atomic E-state index is 0.0757. The van der Waals surface area contributed by atoms with Gasteiger partial charge in [0.1, 0.15) is 0 Å². The van der Waals surface area contributed by atoms with Gasteiger partial charge in [0, 0.05) is 23.7 Å². The van der Waals surface area contributed by atoms with Crippen LogP contribution in [0.5, 0.6) is 0 Å². The monoisotopic (exact) mass is 361 g/mol. The van der Waals surface area contributed by atoms with E-state index in [0.29, 0.717) is 22.9 Å². The third-order valence-electron chi connectivity index (χ3n) is 3.83. The SMILES string of the molecule is CSc1ccc(NC(=O)C2CC(=O)N(c3cccc(Cl)c3)C2)cn1. The maximum atomic E-state index is 12.4. The van der Waals surface area contributed by atoms with Gasteiger partial charge in [0.05, 0.1) is 22.8 Å². The third kappa shape index (κ3) is 3.71. The van der Waals surface area contributed by atoms with Gasteiger partial charge >= 0.3 is 0 Å². The number of carbonyl (C=O) groups excluding carboxylic acids is 2. The molecule has 3 rings (SSSR count). The van der Waals surface area contributed by atoms with E-state index in [4.69, 9.17) is 11.6 Å². The van der Waals surface area contributed by atoms with E-state index in [1.807, 2.05) is 24.5 Å². The standard InChI is InChI=1S/C17H16ClN3O2S/c1-24-15-6-5-13(9-19-15)20-17(23)11-7-16(22)21(10-11)14-4-2-3-12(18)8-14/h2-6,8-9,11H,7,10H2,1H3,(H,20,23). The number of halogens is 1. The first kappa shape index (κ1) is 16.8. The van der Waals surface area contributed by atoms with E-state index < -0.39 is 5.92 Å². The van der Waals surface area contributed by atoms with Crippen LogP contribution >= 0.6 is 23.4 Å². The molecule has 1 N–H and O–H groups in total. The van der Waals surface area contributed by atoms with Gasteiger partial charge in [-0.2, -0.15) is 0 Å². The van der Waals surface area contributed by atoms with E-state index in [9.17, 15) is 9.59 Å². The third-order valence-corrected chi connectivity index (χ3v) is 4.72. The Morgan fingerprint density at radius 2 is 2.21 bits per heavy atom. The summed E-state index contributed by atoms with van der Waals surface area (Å²) in [6.07, 6.45) is 3.75. The lowest BCUT2D eigenvalue weighted by molar-refractivity contribution is -0.122. The first-order chi connectivity index (χ1) is 11.6. The van der Waals surface area contributed by atoms with Crippen molar-refractivity contribution in [1.29, 1.82) is 0 Å². The first-order valence-corrected chi connectivity index (χ1v) is 9.04. The van der Waals surface area contributed by atoms with E-state index in [-0.39, 0.29) is 18.2 Å². The van der Waals surface area contributed by atoms with Gasteiger partial charge in [0.15, 0.2) is 0 Å². The average Bonchev–Trinajstić information content (AvgIpc) is 2.97. The number of aromatic nitrogens is 1. The van der Waals surface area contributed by atoms with Crippen molar-refractivity contribution in [2.75, 3.05) is 23.0 Å². The number of nitrogens with zero attached hydrogens (tertiary/aromatic N) is 2. The van der Waals surface area contributed by atoms with E-state index in [0.717, 1.165) is 5.03 Å². The lowest BCUT2D eigenvalue weighted by Crippen LogP contribution is -2.28. The zero-order valence-electron chi connectivity index (χ0n) is 13.0. The molecule has 2 amide bonds. The Kier molecular flexibility index (Phi) is 5.06. The summed E-state index contributed by atoms with van der Waals surface area (Å²) >= 11 is 7.51. The smallest absolute Gasteiger partial charge is 0.229 e. The van der Waals surface area contributed by atoms with Gasteiger partial charge in [0.25, 0.3) is 0 Å². The number of amides is 2. The highest BCUT2D eigenvalue weighted by molar-refractivity contribution is 7.98. The van der Waals surface area contributed by atoms with Crippen LogP contribution in [-0.2, 0) is 9.59 Å². The fraction of sp³-hybridized carbons (Fsp3) is 0.235. The summed E-state index contributed by atoms with van der Waals surface area (Å²) in [6.45, 7) is 0.349. The van der Waals surface area contributed by atoms with Gasteiger partial charge in [-0.25, -0.2) is 4.98 Å². The molecule has 0 radical (unpaired) electrons. The average molecular weight is 362 g/mol. The molecule has 1 unspecified atom stereocenters. The highest BCUT2D eigenvalue weighted by Crippen LogP contribution is 2.28. The number of hydrogen-bond acceptors (Lipinski definition) is 4. The molecule has 1 atom stereocenters. The fourth-order valence-electron chi connectivity index (χ4n) is 2.60. The zero-order chi connectivity index (χ0) is 17.1. The van der Waals surface area contributed by atoms with Crippen molar-refractivity contribution >= 4 is 46.6 Å². The Morgan fingerprint density at radius 3 is 2.88 bits per heavy atom. The quantitative estimate of drug-likeness (QED) is 0.847. The Hall–Kier alpha value is -2.05. The van der Waals surface area contributed by atoms with Gasteiger partial charge in [-0.15, -0.1) is 11.8 Å². The van der Waals surface area contributed by atoms with Gasteiger partial charge in [0.2, 0.25) is 11.8 Å². The maximum Gasteiger partial charge on any atom is 0.229 e. The molecule has 7 heteroatoms. The second kappa shape index (κ2) is 7.23. The van der Waals surface area contributed by atoms with Crippen molar-refractivity contribution in [3.05, 3.63) is 47.6 Å². The molecule has 0 aliphatic carbocycles. The first-order valence-electron chi connectivity index (χ1n) is 7.43. The summed E-state index contributed by atoms with van der Waals surface area (Å²) in [5, 5.41) is 4.27. The van der Waals surface area contributed by atoms with E-state index in [2.05, 4.69) is 10.3 Å². The number of nitrogens with one attached hydrogen (secondary N) is 1. The number of rotatable bonds is 4. The molecule has 1 aromatic heterocycles. The van der Waals surface area contributed by atoms with Crippen molar-refractivity contribution < 1.29 is 9.59 Å². The van der Waals surface area contributed by atoms with Gasteiger partial charge < -0.3 is 10.2 Å². The molecule has 1 aliphatic heterocycles. The molecule has 1 aromatic carbocycles. The predicted octanol–water partition coefficient (Wildman–Crippen LogP) is 3.45. The Labute approximate surface area is 149 Å². The highest BCUT2D eigenvalue weighted by Gasteiger charge is 2.35. The molecule has 2 aromatic rings. The maximum absolute atomic E-state index is 12.4. The zero-order valence-corrected chi connectivity index (χ0v) is 14.6. The number of carbonyl (C=O) groups is 2. The second-order valence-corrected chi connectivity index (χ2v) is 6.73. The van der Waals surface area contributed by atoms with E-state index in [1.54, 1.807) is 29.3 Å². The normalized spacial score (nSPS) is 17.2. The van der Waals surface area contributed by atoms with Crippen LogP contribution in [0, 0.1) is 5.92 Å². The predicted molar refractivity (Wildman–Crippen MR) is 96.6 cm³/mol. The van der Waals surface area contributed by atoms with Crippen LogP contribution in [0.3, 0.4) is 0 Å². The van der Waals surface area contributed by atoms with Crippen LogP contribution in [0.4, 0.5) is 11.4 Å². The Morgan fingerprint density at radius 1 is 1.38 bits per heavy atom. The molecule has 2 heterocycles. The fourth-order valence-corrected chi connectivity index (χ4v) is 3.14. The lowest BCUT2D eigenvalue weighted by Gasteiger charge is -2.17. The summed E-state index contributed by atoms with van der Waals surface area (Å²) < 4.78 is 0. The summed E-state index contributed by atoms with van der Waals surface area (Å²) in [6, 6.07) is 10.7. The Bertz CT molecular complexity index is 767. The Balaban J connectivity index is 1.67. The second-order valence-electron chi connectivity index (χ2n) is 5.46. The van der Waals surface area contributed by atoms with Gasteiger partial charge in [-0.05, 0) is 36.6 Å². The van der Waals surface area contributed by atoms with Gasteiger partial charge in [-0.3, -0.25) is 9.59 Å². The lowest BCUT2D eigenvalue weighted by atomic mass is 10.1. The van der Waals surface area contributed by atoms with Crippen molar-refractivity contribution in [3.8, 4) is 0 Å². The van der Waals surface area contributed by atoms with Crippen LogP contribution in [-0.4, -0.2) is 29.6 Å². The number of benzene rings is 1. The number of pyridine rings is 1. The molecule has 1 saturated heterocycles.